The number of amides is 2. The van der Waals surface area contributed by atoms with Gasteiger partial charge < -0.3 is 24.5 Å². The molecule has 0 aliphatic heterocycles. The van der Waals surface area contributed by atoms with Gasteiger partial charge in [0.1, 0.15) is 19.0 Å². The van der Waals surface area contributed by atoms with Crippen LogP contribution in [0.5, 0.6) is 5.75 Å². The minimum Gasteiger partial charge on any atom is -0.489 e. The highest BCUT2D eigenvalue weighted by Crippen LogP contribution is 2.19. The highest BCUT2D eigenvalue weighted by Gasteiger charge is 2.16. The van der Waals surface area contributed by atoms with Gasteiger partial charge in [-0.25, -0.2) is 0 Å². The summed E-state index contributed by atoms with van der Waals surface area (Å²) in [4.78, 5) is 24.0. The Labute approximate surface area is 162 Å². The molecule has 144 valence electrons. The minimum atomic E-state index is -0.382. The van der Waals surface area contributed by atoms with Crippen LogP contribution < -0.4 is 15.4 Å². The third-order valence-corrected chi connectivity index (χ3v) is 3.79. The topological polar surface area (TPSA) is 89.8 Å². The average Bonchev–Trinajstić information content (AvgIpc) is 3.18. The SMILES string of the molecule is COCC(=O)Nc1ccc(NC(=O)c2occc2COc2ccccc2)cc1. The summed E-state index contributed by atoms with van der Waals surface area (Å²) in [5, 5.41) is 5.44. The largest absolute Gasteiger partial charge is 0.489 e. The van der Waals surface area contributed by atoms with Crippen molar-refractivity contribution in [3.63, 3.8) is 0 Å². The number of para-hydroxylation sites is 1. The van der Waals surface area contributed by atoms with E-state index in [1.54, 1.807) is 30.3 Å². The molecule has 1 aromatic heterocycles. The van der Waals surface area contributed by atoms with Gasteiger partial charge in [0.05, 0.1) is 6.26 Å². The first-order valence-corrected chi connectivity index (χ1v) is 8.60. The molecule has 0 aliphatic carbocycles. The molecule has 2 aromatic carbocycles. The van der Waals surface area contributed by atoms with Crippen molar-refractivity contribution < 1.29 is 23.5 Å². The Morgan fingerprint density at radius 1 is 0.929 bits per heavy atom. The van der Waals surface area contributed by atoms with E-state index in [9.17, 15) is 9.59 Å². The van der Waals surface area contributed by atoms with Crippen LogP contribution in [0.15, 0.2) is 71.3 Å². The molecule has 3 aromatic rings. The second kappa shape index (κ2) is 9.38. The maximum atomic E-state index is 12.5. The number of furan rings is 1. The molecule has 0 spiro atoms. The van der Waals surface area contributed by atoms with Crippen LogP contribution in [0.4, 0.5) is 11.4 Å². The number of carbonyl (C=O) groups excluding carboxylic acids is 2. The first-order valence-electron chi connectivity index (χ1n) is 8.60. The predicted molar refractivity (Wildman–Crippen MR) is 104 cm³/mol. The molecule has 7 nitrogen and oxygen atoms in total. The number of hydrogen-bond donors (Lipinski definition) is 2. The summed E-state index contributed by atoms with van der Waals surface area (Å²) in [6.07, 6.45) is 1.45. The monoisotopic (exact) mass is 380 g/mol. The third-order valence-electron chi connectivity index (χ3n) is 3.79. The second-order valence-corrected chi connectivity index (χ2v) is 5.89. The van der Waals surface area contributed by atoms with Crippen molar-refractivity contribution in [1.29, 1.82) is 0 Å². The van der Waals surface area contributed by atoms with Crippen molar-refractivity contribution >= 4 is 23.2 Å². The van der Waals surface area contributed by atoms with Crippen LogP contribution in [0.25, 0.3) is 0 Å². The lowest BCUT2D eigenvalue weighted by molar-refractivity contribution is -0.119. The lowest BCUT2D eigenvalue weighted by Crippen LogP contribution is -2.17. The standard InChI is InChI=1S/C21H20N2O5/c1-26-14-19(24)22-16-7-9-17(10-8-16)23-21(25)20-15(11-12-27-20)13-28-18-5-3-2-4-6-18/h2-12H,13-14H2,1H3,(H,22,24)(H,23,25). The van der Waals surface area contributed by atoms with Crippen LogP contribution in [0, 0.1) is 0 Å². The number of rotatable bonds is 8. The molecule has 0 aliphatic rings. The van der Waals surface area contributed by atoms with Gasteiger partial charge in [0.25, 0.3) is 5.91 Å². The van der Waals surface area contributed by atoms with Crippen LogP contribution in [-0.2, 0) is 16.1 Å². The number of hydrogen-bond acceptors (Lipinski definition) is 5. The molecule has 0 unspecified atom stereocenters. The third kappa shape index (κ3) is 5.21. The molecular weight excluding hydrogens is 360 g/mol. The van der Waals surface area contributed by atoms with Gasteiger partial charge >= 0.3 is 0 Å². The Kier molecular flexibility index (Phi) is 6.43. The normalized spacial score (nSPS) is 10.3. The summed E-state index contributed by atoms with van der Waals surface area (Å²) in [5.74, 6) is 0.264. The summed E-state index contributed by atoms with van der Waals surface area (Å²) in [5.41, 5.74) is 1.82. The first kappa shape index (κ1) is 19.2. The Hall–Kier alpha value is -3.58. The van der Waals surface area contributed by atoms with Crippen LogP contribution in [0.3, 0.4) is 0 Å². The number of methoxy groups -OCH3 is 1. The average molecular weight is 380 g/mol. The number of anilines is 2. The van der Waals surface area contributed by atoms with E-state index in [-0.39, 0.29) is 30.8 Å². The number of ether oxygens (including phenoxy) is 2. The molecule has 0 saturated heterocycles. The summed E-state index contributed by atoms with van der Waals surface area (Å²) in [7, 11) is 1.45. The second-order valence-electron chi connectivity index (χ2n) is 5.89. The molecule has 28 heavy (non-hydrogen) atoms. The van der Waals surface area contributed by atoms with Gasteiger partial charge in [0.2, 0.25) is 5.91 Å². The predicted octanol–water partition coefficient (Wildman–Crippen LogP) is 3.70. The van der Waals surface area contributed by atoms with E-state index in [4.69, 9.17) is 13.9 Å². The number of carbonyl (C=O) groups is 2. The van der Waals surface area contributed by atoms with Gasteiger partial charge in [-0.3, -0.25) is 9.59 Å². The van der Waals surface area contributed by atoms with Crippen molar-refractivity contribution in [3.05, 3.63) is 78.3 Å². The van der Waals surface area contributed by atoms with Crippen LogP contribution in [0.2, 0.25) is 0 Å². The zero-order valence-corrected chi connectivity index (χ0v) is 15.3. The molecule has 7 heteroatoms. The molecule has 2 N–H and O–H groups in total. The van der Waals surface area contributed by atoms with Crippen LogP contribution >= 0.6 is 0 Å². The first-order chi connectivity index (χ1) is 13.7. The van der Waals surface area contributed by atoms with Gasteiger partial charge in [-0.1, -0.05) is 18.2 Å². The zero-order chi connectivity index (χ0) is 19.8. The summed E-state index contributed by atoms with van der Waals surface area (Å²) in [6.45, 7) is 0.193. The lowest BCUT2D eigenvalue weighted by Gasteiger charge is -2.08. The highest BCUT2D eigenvalue weighted by molar-refractivity contribution is 6.03. The van der Waals surface area contributed by atoms with Gasteiger partial charge in [-0.15, -0.1) is 0 Å². The molecule has 0 bridgehead atoms. The van der Waals surface area contributed by atoms with Crippen molar-refractivity contribution in [2.45, 2.75) is 6.61 Å². The fourth-order valence-electron chi connectivity index (χ4n) is 2.48. The minimum absolute atomic E-state index is 0.0230. The van der Waals surface area contributed by atoms with Gasteiger partial charge in [-0.05, 0) is 42.5 Å². The molecule has 2 amide bonds. The van der Waals surface area contributed by atoms with E-state index >= 15 is 0 Å². The fraction of sp³-hybridized carbons (Fsp3) is 0.143. The van der Waals surface area contributed by atoms with Crippen molar-refractivity contribution in [2.24, 2.45) is 0 Å². The quantitative estimate of drug-likeness (QED) is 0.622. The van der Waals surface area contributed by atoms with Gasteiger partial charge in [-0.2, -0.15) is 0 Å². The lowest BCUT2D eigenvalue weighted by atomic mass is 10.2. The van der Waals surface area contributed by atoms with E-state index < -0.39 is 0 Å². The molecule has 0 saturated carbocycles. The smallest absolute Gasteiger partial charge is 0.291 e. The highest BCUT2D eigenvalue weighted by atomic mass is 16.5. The molecule has 0 atom stereocenters. The maximum Gasteiger partial charge on any atom is 0.291 e. The Bertz CT molecular complexity index is 919. The van der Waals surface area contributed by atoms with E-state index in [2.05, 4.69) is 10.6 Å². The van der Waals surface area contributed by atoms with Crippen molar-refractivity contribution in [3.8, 4) is 5.75 Å². The van der Waals surface area contributed by atoms with E-state index in [0.29, 0.717) is 22.7 Å². The van der Waals surface area contributed by atoms with E-state index in [0.717, 1.165) is 0 Å². The Morgan fingerprint density at radius 2 is 1.61 bits per heavy atom. The number of nitrogens with one attached hydrogen (secondary N) is 2. The fourth-order valence-corrected chi connectivity index (χ4v) is 2.48. The zero-order valence-electron chi connectivity index (χ0n) is 15.3. The number of benzene rings is 2. The van der Waals surface area contributed by atoms with Gasteiger partial charge in [0, 0.05) is 24.0 Å². The summed E-state index contributed by atoms with van der Waals surface area (Å²) in [6, 6.07) is 17.8. The van der Waals surface area contributed by atoms with Crippen molar-refractivity contribution in [1.82, 2.24) is 0 Å². The van der Waals surface area contributed by atoms with Crippen LogP contribution in [-0.4, -0.2) is 25.5 Å². The Balaban J connectivity index is 1.59. The maximum absolute atomic E-state index is 12.5. The summed E-state index contributed by atoms with van der Waals surface area (Å²) < 4.78 is 15.8. The molecule has 0 fully saturated rings. The van der Waals surface area contributed by atoms with Crippen molar-refractivity contribution in [2.75, 3.05) is 24.4 Å². The molecule has 1 heterocycles. The molecule has 3 rings (SSSR count). The Morgan fingerprint density at radius 3 is 2.29 bits per heavy atom. The molecule has 0 radical (unpaired) electrons. The van der Waals surface area contributed by atoms with Gasteiger partial charge in [0.15, 0.2) is 5.76 Å². The van der Waals surface area contributed by atoms with E-state index in [1.165, 1.54) is 13.4 Å². The van der Waals surface area contributed by atoms with Crippen LogP contribution in [0.1, 0.15) is 16.1 Å². The van der Waals surface area contributed by atoms with E-state index in [1.807, 2.05) is 30.3 Å². The molecular formula is C21H20N2O5. The summed E-state index contributed by atoms with van der Waals surface area (Å²) >= 11 is 0.